The van der Waals surface area contributed by atoms with Crippen molar-refractivity contribution < 1.29 is 4.74 Å². The number of likely N-dealkylation sites (N-methyl/N-ethyl adjacent to an activating group) is 1. The Bertz CT molecular complexity index is 538. The van der Waals surface area contributed by atoms with Crippen LogP contribution in [0.15, 0.2) is 30.5 Å². The molecule has 0 bridgehead atoms. The highest BCUT2D eigenvalue weighted by atomic mass is 16.5. The van der Waals surface area contributed by atoms with Crippen LogP contribution in [-0.2, 0) is 0 Å². The molecule has 19 heavy (non-hydrogen) atoms. The molecule has 0 amide bonds. The van der Waals surface area contributed by atoms with E-state index in [1.165, 1.54) is 0 Å². The topological polar surface area (TPSA) is 51.4 Å². The second-order valence-electron chi connectivity index (χ2n) is 4.43. The van der Waals surface area contributed by atoms with Crippen LogP contribution in [0.2, 0.25) is 0 Å². The fraction of sp³-hybridized carbons (Fsp3) is 0.400. The molecule has 0 unspecified atom stereocenters. The van der Waals surface area contributed by atoms with Gasteiger partial charge in [0, 0.05) is 23.8 Å². The van der Waals surface area contributed by atoms with Crippen LogP contribution >= 0.6 is 0 Å². The molecule has 0 atom stereocenters. The normalized spacial score (nSPS) is 11.1. The smallest absolute Gasteiger partial charge is 0.145 e. The van der Waals surface area contributed by atoms with Gasteiger partial charge in [-0.3, -0.25) is 4.98 Å². The van der Waals surface area contributed by atoms with Gasteiger partial charge in [-0.2, -0.15) is 0 Å². The van der Waals surface area contributed by atoms with Crippen LogP contribution in [0, 0.1) is 0 Å². The van der Waals surface area contributed by atoms with Gasteiger partial charge >= 0.3 is 0 Å². The second-order valence-corrected chi connectivity index (χ2v) is 4.43. The summed E-state index contributed by atoms with van der Waals surface area (Å²) in [5, 5.41) is 0.947. The maximum atomic E-state index is 5.94. The van der Waals surface area contributed by atoms with E-state index in [0.717, 1.165) is 42.0 Å². The Kier molecular flexibility index (Phi) is 4.58. The lowest BCUT2D eigenvalue weighted by Gasteiger charge is -2.18. The molecule has 0 fully saturated rings. The molecule has 2 aromatic rings. The molecule has 0 aliphatic heterocycles. The number of benzene rings is 1. The minimum Gasteiger partial charge on any atom is -0.490 e. The molecule has 2 N–H and O–H groups in total. The molecule has 1 aromatic carbocycles. The minimum absolute atomic E-state index is 0.664. The molecule has 0 aliphatic carbocycles. The molecule has 0 radical (unpaired) electrons. The average molecular weight is 259 g/mol. The Balaban J connectivity index is 2.11. The second kappa shape index (κ2) is 6.38. The summed E-state index contributed by atoms with van der Waals surface area (Å²) in [6.45, 7) is 7.98. The number of hydrogen-bond acceptors (Lipinski definition) is 4. The number of nitrogens with zero attached hydrogens (tertiary/aromatic N) is 2. The minimum atomic E-state index is 0.664. The van der Waals surface area contributed by atoms with E-state index in [2.05, 4.69) is 23.7 Å². The number of pyridine rings is 1. The SMILES string of the molecule is CCN(CC)CCOc1ccc(N)c2cccnc12. The predicted octanol–water partition coefficient (Wildman–Crippen LogP) is 2.54. The van der Waals surface area contributed by atoms with Gasteiger partial charge in [0.1, 0.15) is 17.9 Å². The summed E-state index contributed by atoms with van der Waals surface area (Å²) in [6, 6.07) is 7.62. The van der Waals surface area contributed by atoms with Crippen molar-refractivity contribution in [3.05, 3.63) is 30.5 Å². The number of aromatic nitrogens is 1. The summed E-state index contributed by atoms with van der Waals surface area (Å²) in [4.78, 5) is 6.69. The summed E-state index contributed by atoms with van der Waals surface area (Å²) < 4.78 is 5.85. The zero-order valence-electron chi connectivity index (χ0n) is 11.6. The van der Waals surface area contributed by atoms with E-state index in [-0.39, 0.29) is 0 Å². The van der Waals surface area contributed by atoms with E-state index >= 15 is 0 Å². The summed E-state index contributed by atoms with van der Waals surface area (Å²) in [5.74, 6) is 0.803. The van der Waals surface area contributed by atoms with Crippen LogP contribution in [0.1, 0.15) is 13.8 Å². The van der Waals surface area contributed by atoms with Gasteiger partial charge in [-0.05, 0) is 37.4 Å². The van der Waals surface area contributed by atoms with Gasteiger partial charge < -0.3 is 15.4 Å². The van der Waals surface area contributed by atoms with E-state index in [4.69, 9.17) is 10.5 Å². The third kappa shape index (κ3) is 3.15. The van der Waals surface area contributed by atoms with Crippen LogP contribution in [0.25, 0.3) is 10.9 Å². The van der Waals surface area contributed by atoms with E-state index in [9.17, 15) is 0 Å². The maximum Gasteiger partial charge on any atom is 0.145 e. The van der Waals surface area contributed by atoms with Crippen molar-refractivity contribution in [1.29, 1.82) is 0 Å². The van der Waals surface area contributed by atoms with Crippen LogP contribution < -0.4 is 10.5 Å². The molecule has 0 saturated carbocycles. The first-order chi connectivity index (χ1) is 9.26. The lowest BCUT2D eigenvalue weighted by atomic mass is 10.2. The molecule has 4 heteroatoms. The van der Waals surface area contributed by atoms with Crippen molar-refractivity contribution in [1.82, 2.24) is 9.88 Å². The highest BCUT2D eigenvalue weighted by Gasteiger charge is 2.06. The highest BCUT2D eigenvalue weighted by Crippen LogP contribution is 2.27. The van der Waals surface area contributed by atoms with Gasteiger partial charge in [-0.15, -0.1) is 0 Å². The molecule has 1 heterocycles. The molecule has 0 saturated heterocycles. The summed E-state index contributed by atoms with van der Waals surface area (Å²) >= 11 is 0. The van der Waals surface area contributed by atoms with Crippen LogP contribution in [-0.4, -0.2) is 36.1 Å². The zero-order chi connectivity index (χ0) is 13.7. The number of nitrogen functional groups attached to an aromatic ring is 1. The number of anilines is 1. The van der Waals surface area contributed by atoms with Crippen LogP contribution in [0.3, 0.4) is 0 Å². The first kappa shape index (κ1) is 13.6. The molecule has 4 nitrogen and oxygen atoms in total. The first-order valence-electron chi connectivity index (χ1n) is 6.74. The Morgan fingerprint density at radius 3 is 2.74 bits per heavy atom. The molecule has 0 spiro atoms. The van der Waals surface area contributed by atoms with Crippen molar-refractivity contribution in [3.63, 3.8) is 0 Å². The van der Waals surface area contributed by atoms with Crippen molar-refractivity contribution in [2.45, 2.75) is 13.8 Å². The summed E-state index contributed by atoms with van der Waals surface area (Å²) in [5.41, 5.74) is 7.51. The van der Waals surface area contributed by atoms with Crippen molar-refractivity contribution in [3.8, 4) is 5.75 Å². The molecular formula is C15H21N3O. The van der Waals surface area contributed by atoms with E-state index in [1.807, 2.05) is 24.3 Å². The third-order valence-corrected chi connectivity index (χ3v) is 3.33. The number of hydrogen-bond donors (Lipinski definition) is 1. The fourth-order valence-corrected chi connectivity index (χ4v) is 2.11. The lowest BCUT2D eigenvalue weighted by Crippen LogP contribution is -2.27. The first-order valence-corrected chi connectivity index (χ1v) is 6.74. The van der Waals surface area contributed by atoms with E-state index < -0.39 is 0 Å². The monoisotopic (exact) mass is 259 g/mol. The molecule has 0 aliphatic rings. The average Bonchev–Trinajstić information content (AvgIpc) is 2.46. The van der Waals surface area contributed by atoms with Crippen molar-refractivity contribution >= 4 is 16.6 Å². The van der Waals surface area contributed by atoms with Gasteiger partial charge in [0.2, 0.25) is 0 Å². The summed E-state index contributed by atoms with van der Waals surface area (Å²) in [7, 11) is 0. The number of fused-ring (bicyclic) bond motifs is 1. The van der Waals surface area contributed by atoms with Crippen molar-refractivity contribution in [2.75, 3.05) is 32.0 Å². The largest absolute Gasteiger partial charge is 0.490 e. The van der Waals surface area contributed by atoms with Crippen molar-refractivity contribution in [2.24, 2.45) is 0 Å². The quantitative estimate of drug-likeness (QED) is 0.810. The van der Waals surface area contributed by atoms with Gasteiger partial charge in [-0.1, -0.05) is 13.8 Å². The third-order valence-electron chi connectivity index (χ3n) is 3.33. The van der Waals surface area contributed by atoms with Gasteiger partial charge in [0.25, 0.3) is 0 Å². The van der Waals surface area contributed by atoms with Gasteiger partial charge in [0.05, 0.1) is 0 Å². The van der Waals surface area contributed by atoms with Crippen LogP contribution in [0.4, 0.5) is 5.69 Å². The Hall–Kier alpha value is -1.81. The standard InChI is InChI=1S/C15H21N3O/c1-3-18(4-2)10-11-19-14-8-7-13(16)12-6-5-9-17-15(12)14/h5-9H,3-4,10-11,16H2,1-2H3. The number of ether oxygens (including phenoxy) is 1. The Labute approximate surface area is 114 Å². The molecule has 1 aromatic heterocycles. The summed E-state index contributed by atoms with van der Waals surface area (Å²) in [6.07, 6.45) is 1.76. The molecule has 102 valence electrons. The lowest BCUT2D eigenvalue weighted by molar-refractivity contribution is 0.224. The van der Waals surface area contributed by atoms with Gasteiger partial charge in [-0.25, -0.2) is 0 Å². The number of nitrogens with two attached hydrogens (primary N) is 1. The fourth-order valence-electron chi connectivity index (χ4n) is 2.11. The highest BCUT2D eigenvalue weighted by molar-refractivity contribution is 5.94. The van der Waals surface area contributed by atoms with Crippen LogP contribution in [0.5, 0.6) is 5.75 Å². The molecule has 2 rings (SSSR count). The Morgan fingerprint density at radius 1 is 1.21 bits per heavy atom. The maximum absolute atomic E-state index is 5.94. The molecular weight excluding hydrogens is 238 g/mol. The Morgan fingerprint density at radius 2 is 2.00 bits per heavy atom. The van der Waals surface area contributed by atoms with Gasteiger partial charge in [0.15, 0.2) is 0 Å². The zero-order valence-corrected chi connectivity index (χ0v) is 11.6. The van der Waals surface area contributed by atoms with E-state index in [0.29, 0.717) is 6.61 Å². The van der Waals surface area contributed by atoms with E-state index in [1.54, 1.807) is 6.20 Å². The number of rotatable bonds is 6. The predicted molar refractivity (Wildman–Crippen MR) is 79.4 cm³/mol.